The molecule has 2 N–H and O–H groups in total. The lowest BCUT2D eigenvalue weighted by atomic mass is 9.89. The van der Waals surface area contributed by atoms with Gasteiger partial charge in [0.25, 0.3) is 0 Å². The van der Waals surface area contributed by atoms with E-state index >= 15 is 0 Å². The maximum absolute atomic E-state index is 11.8. The third-order valence-electron chi connectivity index (χ3n) is 3.42. The second-order valence-electron chi connectivity index (χ2n) is 5.09. The number of carbonyl (C=O) groups excluding carboxylic acids is 1. The lowest BCUT2D eigenvalue weighted by Crippen LogP contribution is -2.46. The Hall–Kier alpha value is -0.570. The molecule has 0 bridgehead atoms. The minimum atomic E-state index is -0.228. The molecule has 0 saturated carbocycles. The van der Waals surface area contributed by atoms with Crippen LogP contribution in [0.4, 0.5) is 0 Å². The molecule has 1 saturated heterocycles. The van der Waals surface area contributed by atoms with E-state index in [0.717, 1.165) is 19.5 Å². The molecule has 1 aliphatic rings. The first-order valence-electron chi connectivity index (χ1n) is 6.08. The number of hydrogen-bond acceptors (Lipinski definition) is 2. The first-order valence-corrected chi connectivity index (χ1v) is 6.08. The molecule has 0 aromatic rings. The van der Waals surface area contributed by atoms with Crippen molar-refractivity contribution < 1.29 is 4.79 Å². The van der Waals surface area contributed by atoms with Crippen molar-refractivity contribution in [1.29, 1.82) is 0 Å². The number of rotatable bonds is 4. The minimum absolute atomic E-state index is 0.178. The van der Waals surface area contributed by atoms with Crippen LogP contribution < -0.4 is 10.6 Å². The van der Waals surface area contributed by atoms with Gasteiger partial charge in [-0.1, -0.05) is 27.2 Å². The number of piperidine rings is 1. The molecule has 1 fully saturated rings. The molecule has 1 heterocycles. The highest BCUT2D eigenvalue weighted by Crippen LogP contribution is 2.19. The summed E-state index contributed by atoms with van der Waals surface area (Å²) in [5.41, 5.74) is -0.228. The molecule has 1 atom stereocenters. The van der Waals surface area contributed by atoms with Crippen LogP contribution in [-0.4, -0.2) is 25.0 Å². The Morgan fingerprint density at radius 1 is 1.47 bits per heavy atom. The smallest absolute Gasteiger partial charge is 0.225 e. The fourth-order valence-electron chi connectivity index (χ4n) is 1.71. The van der Waals surface area contributed by atoms with Gasteiger partial charge in [0, 0.05) is 18.0 Å². The monoisotopic (exact) mass is 212 g/mol. The third-order valence-corrected chi connectivity index (χ3v) is 3.42. The van der Waals surface area contributed by atoms with Crippen molar-refractivity contribution in [3.63, 3.8) is 0 Å². The van der Waals surface area contributed by atoms with Crippen LogP contribution in [0, 0.1) is 5.41 Å². The number of nitrogens with one attached hydrogen (secondary N) is 2. The SMILES string of the molecule is CCC(C)(C)C(=O)NCC1CCCCN1. The highest BCUT2D eigenvalue weighted by Gasteiger charge is 2.25. The summed E-state index contributed by atoms with van der Waals surface area (Å²) in [6.45, 7) is 7.92. The van der Waals surface area contributed by atoms with Gasteiger partial charge in [0.15, 0.2) is 0 Å². The molecule has 0 spiro atoms. The van der Waals surface area contributed by atoms with Crippen LogP contribution in [0.25, 0.3) is 0 Å². The summed E-state index contributed by atoms with van der Waals surface area (Å²) in [4.78, 5) is 11.8. The predicted octanol–water partition coefficient (Wildman–Crippen LogP) is 1.68. The van der Waals surface area contributed by atoms with E-state index in [2.05, 4.69) is 17.6 Å². The molecule has 88 valence electrons. The van der Waals surface area contributed by atoms with E-state index in [-0.39, 0.29) is 11.3 Å². The fraction of sp³-hybridized carbons (Fsp3) is 0.917. The Bertz CT molecular complexity index is 208. The molecule has 1 aliphatic heterocycles. The second-order valence-corrected chi connectivity index (χ2v) is 5.09. The standard InChI is InChI=1S/C12H24N2O/c1-4-12(2,3)11(15)14-9-10-7-5-6-8-13-10/h10,13H,4-9H2,1-3H3,(H,14,15). The zero-order valence-corrected chi connectivity index (χ0v) is 10.2. The average Bonchev–Trinajstić information content (AvgIpc) is 2.27. The van der Waals surface area contributed by atoms with E-state index in [4.69, 9.17) is 0 Å². The Balaban J connectivity index is 2.26. The average molecular weight is 212 g/mol. The van der Waals surface area contributed by atoms with Crippen molar-refractivity contribution in [3.05, 3.63) is 0 Å². The molecule has 3 nitrogen and oxygen atoms in total. The van der Waals surface area contributed by atoms with Crippen molar-refractivity contribution in [2.45, 2.75) is 52.5 Å². The maximum atomic E-state index is 11.8. The van der Waals surface area contributed by atoms with Crippen LogP contribution in [0.5, 0.6) is 0 Å². The molecule has 0 aromatic heterocycles. The Kier molecular flexibility index (Phi) is 4.58. The van der Waals surface area contributed by atoms with E-state index in [1.165, 1.54) is 19.3 Å². The number of amides is 1. The largest absolute Gasteiger partial charge is 0.354 e. The molecular weight excluding hydrogens is 188 g/mol. The second kappa shape index (κ2) is 5.50. The molecule has 3 heteroatoms. The summed E-state index contributed by atoms with van der Waals surface area (Å²) < 4.78 is 0. The lowest BCUT2D eigenvalue weighted by molar-refractivity contribution is -0.129. The van der Waals surface area contributed by atoms with Gasteiger partial charge in [-0.15, -0.1) is 0 Å². The van der Waals surface area contributed by atoms with Crippen LogP contribution in [0.3, 0.4) is 0 Å². The van der Waals surface area contributed by atoms with Crippen molar-refractivity contribution in [3.8, 4) is 0 Å². The van der Waals surface area contributed by atoms with Crippen molar-refractivity contribution in [2.75, 3.05) is 13.1 Å². The van der Waals surface area contributed by atoms with E-state index < -0.39 is 0 Å². The summed E-state index contributed by atoms with van der Waals surface area (Å²) in [7, 11) is 0. The van der Waals surface area contributed by atoms with E-state index in [9.17, 15) is 4.79 Å². The van der Waals surface area contributed by atoms with Gasteiger partial charge in [0.1, 0.15) is 0 Å². The van der Waals surface area contributed by atoms with Crippen molar-refractivity contribution >= 4 is 5.91 Å². The van der Waals surface area contributed by atoms with Crippen molar-refractivity contribution in [1.82, 2.24) is 10.6 Å². The van der Waals surface area contributed by atoms with Gasteiger partial charge >= 0.3 is 0 Å². The Morgan fingerprint density at radius 2 is 2.20 bits per heavy atom. The molecule has 1 rings (SSSR count). The molecular formula is C12H24N2O. The molecule has 1 unspecified atom stereocenters. The topological polar surface area (TPSA) is 41.1 Å². The minimum Gasteiger partial charge on any atom is -0.354 e. The first kappa shape index (κ1) is 12.5. The van der Waals surface area contributed by atoms with Gasteiger partial charge in [-0.3, -0.25) is 4.79 Å². The van der Waals surface area contributed by atoms with Gasteiger partial charge in [0.2, 0.25) is 5.91 Å². The van der Waals surface area contributed by atoms with Crippen LogP contribution in [-0.2, 0) is 4.79 Å². The highest BCUT2D eigenvalue weighted by molar-refractivity contribution is 5.81. The molecule has 15 heavy (non-hydrogen) atoms. The van der Waals surface area contributed by atoms with Crippen LogP contribution in [0.1, 0.15) is 46.5 Å². The zero-order valence-electron chi connectivity index (χ0n) is 10.2. The van der Waals surface area contributed by atoms with Gasteiger partial charge in [-0.05, 0) is 25.8 Å². The quantitative estimate of drug-likeness (QED) is 0.744. The number of hydrogen-bond donors (Lipinski definition) is 2. The molecule has 0 aromatic carbocycles. The van der Waals surface area contributed by atoms with E-state index in [1.54, 1.807) is 0 Å². The van der Waals surface area contributed by atoms with Crippen LogP contribution >= 0.6 is 0 Å². The van der Waals surface area contributed by atoms with Gasteiger partial charge in [-0.2, -0.15) is 0 Å². The van der Waals surface area contributed by atoms with Gasteiger partial charge in [0.05, 0.1) is 0 Å². The lowest BCUT2D eigenvalue weighted by Gasteiger charge is -2.27. The van der Waals surface area contributed by atoms with Gasteiger partial charge < -0.3 is 10.6 Å². The zero-order chi connectivity index (χ0) is 11.3. The molecule has 1 amide bonds. The summed E-state index contributed by atoms with van der Waals surface area (Å²) in [5, 5.41) is 6.47. The molecule has 0 aliphatic carbocycles. The normalized spacial score (nSPS) is 22.5. The van der Waals surface area contributed by atoms with E-state index in [1.807, 2.05) is 13.8 Å². The molecule has 0 radical (unpaired) electrons. The van der Waals surface area contributed by atoms with Crippen LogP contribution in [0.15, 0.2) is 0 Å². The van der Waals surface area contributed by atoms with E-state index in [0.29, 0.717) is 6.04 Å². The third kappa shape index (κ3) is 3.82. The fourth-order valence-corrected chi connectivity index (χ4v) is 1.71. The summed E-state index contributed by atoms with van der Waals surface area (Å²) in [6, 6.07) is 0.482. The predicted molar refractivity (Wildman–Crippen MR) is 62.7 cm³/mol. The van der Waals surface area contributed by atoms with Gasteiger partial charge in [-0.25, -0.2) is 0 Å². The first-order chi connectivity index (χ1) is 7.06. The summed E-state index contributed by atoms with van der Waals surface area (Å²) in [6.07, 6.45) is 4.62. The maximum Gasteiger partial charge on any atom is 0.225 e. The summed E-state index contributed by atoms with van der Waals surface area (Å²) >= 11 is 0. The Labute approximate surface area is 93.0 Å². The Morgan fingerprint density at radius 3 is 2.73 bits per heavy atom. The van der Waals surface area contributed by atoms with Crippen molar-refractivity contribution in [2.24, 2.45) is 5.41 Å². The number of carbonyl (C=O) groups is 1. The highest BCUT2D eigenvalue weighted by atomic mass is 16.2. The van der Waals surface area contributed by atoms with Crippen LogP contribution in [0.2, 0.25) is 0 Å². The summed E-state index contributed by atoms with van der Waals surface area (Å²) in [5.74, 6) is 0.178.